The molecule has 1 aromatic heterocycles. The van der Waals surface area contributed by atoms with Gasteiger partial charge in [0.2, 0.25) is 5.91 Å². The van der Waals surface area contributed by atoms with Crippen molar-refractivity contribution in [3.05, 3.63) is 76.5 Å². The summed E-state index contributed by atoms with van der Waals surface area (Å²) in [5, 5.41) is 21.5. The number of amides is 2. The minimum Gasteiger partial charge on any atom is -0.491 e. The van der Waals surface area contributed by atoms with E-state index >= 15 is 0 Å². The number of ether oxygens (including phenoxy) is 2. The number of nitrogens with one attached hydrogen (secondary N) is 2. The Balaban J connectivity index is 1.77. The summed E-state index contributed by atoms with van der Waals surface area (Å²) < 4.78 is 12.1. The minimum absolute atomic E-state index is 0.164. The third kappa shape index (κ3) is 5.20. The van der Waals surface area contributed by atoms with Crippen molar-refractivity contribution < 1.29 is 24.0 Å². The van der Waals surface area contributed by atoms with E-state index in [-0.39, 0.29) is 18.3 Å². The van der Waals surface area contributed by atoms with Gasteiger partial charge in [-0.1, -0.05) is 12.6 Å². The number of carbonyl (C=O) groups is 2. The smallest absolute Gasteiger partial charge is 0.398 e. The van der Waals surface area contributed by atoms with Crippen molar-refractivity contribution in [2.45, 2.75) is 6.42 Å². The molecule has 0 atom stereocenters. The highest BCUT2D eigenvalue weighted by molar-refractivity contribution is 5.99. The van der Waals surface area contributed by atoms with Crippen LogP contribution in [0.1, 0.15) is 15.9 Å². The van der Waals surface area contributed by atoms with Crippen LogP contribution < -0.4 is 15.4 Å². The largest absolute Gasteiger partial charge is 0.491 e. The van der Waals surface area contributed by atoms with Crippen molar-refractivity contribution in [3.63, 3.8) is 0 Å². The molecule has 2 amide bonds. The van der Waals surface area contributed by atoms with Crippen LogP contribution >= 0.6 is 0 Å². The van der Waals surface area contributed by atoms with E-state index in [1.54, 1.807) is 43.5 Å². The first-order valence-corrected chi connectivity index (χ1v) is 10.8. The predicted molar refractivity (Wildman–Crippen MR) is 128 cm³/mol. The molecular weight excluding hydrogens is 454 g/mol. The first kappa shape index (κ1) is 23.6. The molecule has 4 rings (SSSR count). The topological polar surface area (TPSA) is 138 Å². The van der Waals surface area contributed by atoms with Crippen molar-refractivity contribution in [1.29, 1.82) is 0 Å². The molecule has 1 aliphatic heterocycles. The zero-order valence-electron chi connectivity index (χ0n) is 18.9. The summed E-state index contributed by atoms with van der Waals surface area (Å²) in [5.74, 6) is -0.511. The second-order valence-electron chi connectivity index (χ2n) is 7.70. The lowest BCUT2D eigenvalue weighted by atomic mass is 9.96. The van der Waals surface area contributed by atoms with Crippen LogP contribution in [0.2, 0.25) is 0 Å². The molecule has 11 heteroatoms. The summed E-state index contributed by atoms with van der Waals surface area (Å²) in [5.41, 5.74) is 3.08. The van der Waals surface area contributed by atoms with Gasteiger partial charge in [-0.25, -0.2) is 0 Å². The highest BCUT2D eigenvalue weighted by Gasteiger charge is 2.25. The van der Waals surface area contributed by atoms with Gasteiger partial charge in [0.25, 0.3) is 5.91 Å². The van der Waals surface area contributed by atoms with Crippen LogP contribution in [0.5, 0.6) is 5.75 Å². The molecule has 0 saturated heterocycles. The quantitative estimate of drug-likeness (QED) is 0.209. The SMILES string of the molecule is C=CC(=O)Nc1cc(OCCOC)cc(-n2cc(-c3ccc4c(c3)CCNC4=O)c([N+](=O)[O-])n2)c1. The number of anilines is 1. The van der Waals surface area contributed by atoms with E-state index in [0.29, 0.717) is 53.4 Å². The van der Waals surface area contributed by atoms with Crippen molar-refractivity contribution in [2.75, 3.05) is 32.2 Å². The van der Waals surface area contributed by atoms with Gasteiger partial charge in [-0.3, -0.25) is 9.59 Å². The Morgan fingerprint density at radius 2 is 2.11 bits per heavy atom. The number of methoxy groups -OCH3 is 1. The fourth-order valence-electron chi connectivity index (χ4n) is 3.74. The second-order valence-corrected chi connectivity index (χ2v) is 7.70. The van der Waals surface area contributed by atoms with Crippen LogP contribution in [0.25, 0.3) is 16.8 Å². The van der Waals surface area contributed by atoms with Crippen molar-refractivity contribution in [3.8, 4) is 22.6 Å². The van der Waals surface area contributed by atoms with Crippen molar-refractivity contribution >= 4 is 23.3 Å². The molecule has 0 radical (unpaired) electrons. The second kappa shape index (κ2) is 10.2. The maximum Gasteiger partial charge on any atom is 0.398 e. The summed E-state index contributed by atoms with van der Waals surface area (Å²) in [7, 11) is 1.55. The normalized spacial score (nSPS) is 12.4. The van der Waals surface area contributed by atoms with Crippen LogP contribution in [0.3, 0.4) is 0 Å². The Bertz CT molecular complexity index is 1320. The number of carbonyl (C=O) groups excluding carboxylic acids is 2. The van der Waals surface area contributed by atoms with Crippen molar-refractivity contribution in [2.24, 2.45) is 0 Å². The number of rotatable bonds is 9. The zero-order chi connectivity index (χ0) is 24.9. The Morgan fingerprint density at radius 3 is 2.86 bits per heavy atom. The first-order chi connectivity index (χ1) is 16.9. The lowest BCUT2D eigenvalue weighted by Crippen LogP contribution is -2.31. The summed E-state index contributed by atoms with van der Waals surface area (Å²) in [6.45, 7) is 4.57. The summed E-state index contributed by atoms with van der Waals surface area (Å²) in [4.78, 5) is 35.2. The lowest BCUT2D eigenvalue weighted by Gasteiger charge is -2.16. The summed E-state index contributed by atoms with van der Waals surface area (Å²) in [6.07, 6.45) is 3.30. The molecule has 35 heavy (non-hydrogen) atoms. The average Bonchev–Trinajstić information content (AvgIpc) is 3.30. The molecule has 1 aliphatic rings. The van der Waals surface area contributed by atoms with E-state index in [0.717, 1.165) is 11.6 Å². The van der Waals surface area contributed by atoms with E-state index in [2.05, 4.69) is 22.3 Å². The van der Waals surface area contributed by atoms with Crippen LogP contribution in [0.15, 0.2) is 55.3 Å². The summed E-state index contributed by atoms with van der Waals surface area (Å²) in [6, 6.07) is 9.99. The van der Waals surface area contributed by atoms with Gasteiger partial charge in [-0.2, -0.15) is 0 Å². The molecule has 11 nitrogen and oxygen atoms in total. The van der Waals surface area contributed by atoms with Gasteiger partial charge in [-0.15, -0.1) is 4.68 Å². The van der Waals surface area contributed by atoms with Crippen molar-refractivity contribution in [1.82, 2.24) is 15.1 Å². The van der Waals surface area contributed by atoms with E-state index < -0.39 is 10.8 Å². The van der Waals surface area contributed by atoms with E-state index in [1.165, 1.54) is 10.9 Å². The molecule has 2 heterocycles. The van der Waals surface area contributed by atoms with E-state index in [1.807, 2.05) is 0 Å². The number of hydrogen-bond acceptors (Lipinski definition) is 7. The van der Waals surface area contributed by atoms with Gasteiger partial charge >= 0.3 is 5.82 Å². The standard InChI is InChI=1S/C24H23N5O6/c1-3-22(30)26-17-11-18(13-19(12-17)35-9-8-34-2)28-14-21(23(27-28)29(32)33)15-4-5-20-16(10-15)6-7-25-24(20)31/h3-5,10-14H,1,6-9H2,2H3,(H,25,31)(H,26,30). The molecule has 0 fully saturated rings. The number of aromatic nitrogens is 2. The Morgan fingerprint density at radius 1 is 1.29 bits per heavy atom. The first-order valence-electron chi connectivity index (χ1n) is 10.8. The third-order valence-corrected chi connectivity index (χ3v) is 5.37. The lowest BCUT2D eigenvalue weighted by molar-refractivity contribution is -0.389. The Hall–Kier alpha value is -4.51. The highest BCUT2D eigenvalue weighted by Crippen LogP contribution is 2.33. The number of benzene rings is 2. The molecule has 0 spiro atoms. The predicted octanol–water partition coefficient (Wildman–Crippen LogP) is 2.88. The fraction of sp³-hybridized carbons (Fsp3) is 0.208. The van der Waals surface area contributed by atoms with E-state index in [4.69, 9.17) is 9.47 Å². The number of nitrogens with zero attached hydrogens (tertiary/aromatic N) is 3. The number of hydrogen-bond donors (Lipinski definition) is 2. The van der Waals surface area contributed by atoms with Gasteiger partial charge in [0, 0.05) is 37.0 Å². The monoisotopic (exact) mass is 477 g/mol. The van der Waals surface area contributed by atoms with Gasteiger partial charge < -0.3 is 30.2 Å². The molecule has 0 bridgehead atoms. The maximum atomic E-state index is 12.1. The third-order valence-electron chi connectivity index (χ3n) is 5.37. The molecule has 2 aromatic carbocycles. The molecule has 0 unspecified atom stereocenters. The Labute approximate surface area is 200 Å². The molecule has 180 valence electrons. The molecule has 0 saturated carbocycles. The van der Waals surface area contributed by atoms with Gasteiger partial charge in [0.15, 0.2) is 0 Å². The van der Waals surface area contributed by atoms with Crippen LogP contribution in [0.4, 0.5) is 11.5 Å². The van der Waals surface area contributed by atoms with Crippen LogP contribution in [-0.4, -0.2) is 53.4 Å². The van der Waals surface area contributed by atoms with E-state index in [9.17, 15) is 19.7 Å². The van der Waals surface area contributed by atoms with Gasteiger partial charge in [-0.05, 0) is 46.7 Å². The molecular formula is C24H23N5O6. The molecule has 2 N–H and O–H groups in total. The fourth-order valence-corrected chi connectivity index (χ4v) is 3.74. The molecule has 3 aromatic rings. The molecule has 0 aliphatic carbocycles. The minimum atomic E-state index is -0.558. The summed E-state index contributed by atoms with van der Waals surface area (Å²) >= 11 is 0. The number of fused-ring (bicyclic) bond motifs is 1. The maximum absolute atomic E-state index is 12.1. The van der Waals surface area contributed by atoms with Gasteiger partial charge in [0.05, 0.1) is 23.6 Å². The number of nitro groups is 1. The van der Waals surface area contributed by atoms with Crippen LogP contribution in [0, 0.1) is 10.1 Å². The van der Waals surface area contributed by atoms with Crippen LogP contribution in [-0.2, 0) is 16.0 Å². The Kier molecular flexibility index (Phi) is 6.88. The zero-order valence-corrected chi connectivity index (χ0v) is 18.9. The van der Waals surface area contributed by atoms with Gasteiger partial charge in [0.1, 0.15) is 17.9 Å². The highest BCUT2D eigenvalue weighted by atomic mass is 16.6. The average molecular weight is 477 g/mol.